The highest BCUT2D eigenvalue weighted by Crippen LogP contribution is 2.18. The van der Waals surface area contributed by atoms with E-state index in [1.54, 1.807) is 7.05 Å². The number of hydrogen-bond donors (Lipinski definition) is 2. The van der Waals surface area contributed by atoms with Crippen LogP contribution in [0.3, 0.4) is 0 Å². The van der Waals surface area contributed by atoms with Crippen molar-refractivity contribution in [3.63, 3.8) is 0 Å². The van der Waals surface area contributed by atoms with Crippen molar-refractivity contribution in [2.75, 3.05) is 13.7 Å². The molecule has 1 amide bonds. The molecule has 17 heavy (non-hydrogen) atoms. The minimum absolute atomic E-state index is 0.0169. The number of carbonyl (C=O) groups is 1. The predicted octanol–water partition coefficient (Wildman–Crippen LogP) is 1.71. The van der Waals surface area contributed by atoms with Crippen LogP contribution in [-0.4, -0.2) is 19.6 Å². The van der Waals surface area contributed by atoms with Gasteiger partial charge in [0, 0.05) is 13.5 Å². The minimum Gasteiger partial charge on any atom is -0.493 e. The Morgan fingerprint density at radius 2 is 2.12 bits per heavy atom. The standard InChI is InChI=1S/C13H20N2O2/c1-10-6-7-12(11(2)9-10)17-8-4-5-13(16)15-14-3/h6-7,9,14H,4-5,8H2,1-3H3,(H,15,16). The Kier molecular flexibility index (Phi) is 5.49. The van der Waals surface area contributed by atoms with Gasteiger partial charge in [-0.15, -0.1) is 0 Å². The Morgan fingerprint density at radius 1 is 1.35 bits per heavy atom. The molecule has 0 saturated carbocycles. The number of hydrogen-bond acceptors (Lipinski definition) is 3. The maximum absolute atomic E-state index is 11.1. The average molecular weight is 236 g/mol. The largest absolute Gasteiger partial charge is 0.493 e. The first-order valence-electron chi connectivity index (χ1n) is 5.79. The molecule has 0 bridgehead atoms. The highest BCUT2D eigenvalue weighted by Gasteiger charge is 2.01. The van der Waals surface area contributed by atoms with Crippen LogP contribution in [-0.2, 0) is 4.79 Å². The molecule has 1 aromatic rings. The Labute approximate surface area is 102 Å². The van der Waals surface area contributed by atoms with Crippen molar-refractivity contribution >= 4 is 5.91 Å². The third-order valence-corrected chi connectivity index (χ3v) is 2.40. The van der Waals surface area contributed by atoms with Gasteiger partial charge in [-0.25, -0.2) is 5.43 Å². The first-order chi connectivity index (χ1) is 8.13. The van der Waals surface area contributed by atoms with Crippen molar-refractivity contribution < 1.29 is 9.53 Å². The van der Waals surface area contributed by atoms with E-state index in [1.807, 2.05) is 19.1 Å². The van der Waals surface area contributed by atoms with Crippen molar-refractivity contribution in [3.8, 4) is 5.75 Å². The second-order valence-corrected chi connectivity index (χ2v) is 4.02. The van der Waals surface area contributed by atoms with Gasteiger partial charge in [0.05, 0.1) is 6.61 Å². The molecule has 0 aliphatic heterocycles. The summed E-state index contributed by atoms with van der Waals surface area (Å²) >= 11 is 0. The van der Waals surface area contributed by atoms with Gasteiger partial charge >= 0.3 is 0 Å². The molecule has 4 heteroatoms. The Morgan fingerprint density at radius 3 is 2.76 bits per heavy atom. The first kappa shape index (κ1) is 13.5. The Balaban J connectivity index is 2.29. The summed E-state index contributed by atoms with van der Waals surface area (Å²) in [6.45, 7) is 4.63. The summed E-state index contributed by atoms with van der Waals surface area (Å²) in [5.74, 6) is 0.876. The fraction of sp³-hybridized carbons (Fsp3) is 0.462. The third kappa shape index (κ3) is 4.87. The van der Waals surface area contributed by atoms with Gasteiger partial charge in [0.15, 0.2) is 0 Å². The minimum atomic E-state index is -0.0169. The van der Waals surface area contributed by atoms with Gasteiger partial charge in [0.2, 0.25) is 5.91 Å². The van der Waals surface area contributed by atoms with Crippen LogP contribution in [0.5, 0.6) is 5.75 Å². The van der Waals surface area contributed by atoms with E-state index in [2.05, 4.69) is 23.8 Å². The lowest BCUT2D eigenvalue weighted by atomic mass is 10.1. The van der Waals surface area contributed by atoms with E-state index in [1.165, 1.54) is 5.56 Å². The number of amides is 1. The van der Waals surface area contributed by atoms with E-state index in [0.717, 1.165) is 11.3 Å². The van der Waals surface area contributed by atoms with Crippen LogP contribution in [0.4, 0.5) is 0 Å². The first-order valence-corrected chi connectivity index (χ1v) is 5.79. The van der Waals surface area contributed by atoms with Gasteiger partial charge in [-0.05, 0) is 31.9 Å². The molecular weight excluding hydrogens is 216 g/mol. The van der Waals surface area contributed by atoms with Gasteiger partial charge in [-0.2, -0.15) is 0 Å². The van der Waals surface area contributed by atoms with Gasteiger partial charge < -0.3 is 4.74 Å². The molecule has 0 heterocycles. The molecule has 0 spiro atoms. The normalized spacial score (nSPS) is 10.1. The number of rotatable bonds is 6. The third-order valence-electron chi connectivity index (χ3n) is 2.40. The molecule has 4 nitrogen and oxygen atoms in total. The fourth-order valence-electron chi connectivity index (χ4n) is 1.58. The van der Waals surface area contributed by atoms with E-state index in [0.29, 0.717) is 19.4 Å². The monoisotopic (exact) mass is 236 g/mol. The maximum atomic E-state index is 11.1. The summed E-state index contributed by atoms with van der Waals surface area (Å²) in [5.41, 5.74) is 7.47. The molecule has 0 aliphatic carbocycles. The molecule has 0 atom stereocenters. The Bertz CT molecular complexity index is 378. The smallest absolute Gasteiger partial charge is 0.234 e. The number of nitrogens with one attached hydrogen (secondary N) is 2. The van der Waals surface area contributed by atoms with Gasteiger partial charge in [0.1, 0.15) is 5.75 Å². The second kappa shape index (κ2) is 6.91. The van der Waals surface area contributed by atoms with Crippen LogP contribution in [0.1, 0.15) is 24.0 Å². The van der Waals surface area contributed by atoms with Gasteiger partial charge in [-0.3, -0.25) is 10.2 Å². The molecule has 0 fully saturated rings. The molecular formula is C13H20N2O2. The van der Waals surface area contributed by atoms with Crippen molar-refractivity contribution in [1.82, 2.24) is 10.9 Å². The highest BCUT2D eigenvalue weighted by atomic mass is 16.5. The quantitative estimate of drug-likeness (QED) is 0.584. The zero-order chi connectivity index (χ0) is 12.7. The van der Waals surface area contributed by atoms with Crippen LogP contribution in [0.25, 0.3) is 0 Å². The number of ether oxygens (including phenoxy) is 1. The van der Waals surface area contributed by atoms with Gasteiger partial charge in [0.25, 0.3) is 0 Å². The maximum Gasteiger partial charge on any atom is 0.234 e. The van der Waals surface area contributed by atoms with Crippen molar-refractivity contribution in [2.24, 2.45) is 0 Å². The average Bonchev–Trinajstić information content (AvgIpc) is 2.27. The zero-order valence-electron chi connectivity index (χ0n) is 10.7. The van der Waals surface area contributed by atoms with E-state index < -0.39 is 0 Å². The lowest BCUT2D eigenvalue weighted by molar-refractivity contribution is -0.122. The predicted molar refractivity (Wildman–Crippen MR) is 67.8 cm³/mol. The highest BCUT2D eigenvalue weighted by molar-refractivity contribution is 5.75. The summed E-state index contributed by atoms with van der Waals surface area (Å²) in [7, 11) is 1.67. The summed E-state index contributed by atoms with van der Waals surface area (Å²) in [5, 5.41) is 0. The summed E-state index contributed by atoms with van der Waals surface area (Å²) in [4.78, 5) is 11.1. The molecule has 1 rings (SSSR count). The molecule has 0 unspecified atom stereocenters. The molecule has 0 radical (unpaired) electrons. The summed E-state index contributed by atoms with van der Waals surface area (Å²) in [6, 6.07) is 6.08. The lowest BCUT2D eigenvalue weighted by Gasteiger charge is -2.09. The van der Waals surface area contributed by atoms with Crippen LogP contribution in [0.2, 0.25) is 0 Å². The van der Waals surface area contributed by atoms with E-state index >= 15 is 0 Å². The number of aryl methyl sites for hydroxylation is 2. The molecule has 2 N–H and O–H groups in total. The molecule has 0 saturated heterocycles. The molecule has 1 aromatic carbocycles. The van der Waals surface area contributed by atoms with Crippen molar-refractivity contribution in [3.05, 3.63) is 29.3 Å². The summed E-state index contributed by atoms with van der Waals surface area (Å²) < 4.78 is 5.62. The Hall–Kier alpha value is -1.55. The summed E-state index contributed by atoms with van der Waals surface area (Å²) in [6.07, 6.45) is 1.17. The molecule has 0 aromatic heterocycles. The topological polar surface area (TPSA) is 50.4 Å². The van der Waals surface area contributed by atoms with E-state index in [9.17, 15) is 4.79 Å². The van der Waals surface area contributed by atoms with Crippen LogP contribution in [0.15, 0.2) is 18.2 Å². The fourth-order valence-corrected chi connectivity index (χ4v) is 1.58. The van der Waals surface area contributed by atoms with Crippen LogP contribution >= 0.6 is 0 Å². The van der Waals surface area contributed by atoms with E-state index in [4.69, 9.17) is 4.74 Å². The van der Waals surface area contributed by atoms with Crippen LogP contribution < -0.4 is 15.6 Å². The number of carbonyl (C=O) groups excluding carboxylic acids is 1. The zero-order valence-corrected chi connectivity index (χ0v) is 10.7. The van der Waals surface area contributed by atoms with Crippen molar-refractivity contribution in [2.45, 2.75) is 26.7 Å². The number of benzene rings is 1. The second-order valence-electron chi connectivity index (χ2n) is 4.02. The van der Waals surface area contributed by atoms with E-state index in [-0.39, 0.29) is 5.91 Å². The van der Waals surface area contributed by atoms with Crippen molar-refractivity contribution in [1.29, 1.82) is 0 Å². The molecule has 0 aliphatic rings. The number of hydrazine groups is 1. The van der Waals surface area contributed by atoms with Gasteiger partial charge in [-0.1, -0.05) is 17.7 Å². The molecule has 94 valence electrons. The SMILES string of the molecule is CNNC(=O)CCCOc1ccc(C)cc1C. The van der Waals surface area contributed by atoms with Crippen LogP contribution in [0, 0.1) is 13.8 Å². The lowest BCUT2D eigenvalue weighted by Crippen LogP contribution is -2.34.